The highest BCUT2D eigenvalue weighted by atomic mass is 35.5. The van der Waals surface area contributed by atoms with E-state index >= 15 is 0 Å². The second-order valence-corrected chi connectivity index (χ2v) is 9.08. The Kier molecular flexibility index (Phi) is 7.00. The number of pyridine rings is 1. The molecule has 1 saturated heterocycles. The number of nitrogens with zero attached hydrogens (tertiary/aromatic N) is 3. The Morgan fingerprint density at radius 3 is 2.34 bits per heavy atom. The van der Waals surface area contributed by atoms with E-state index in [-0.39, 0.29) is 33.5 Å². The number of amides is 1. The minimum absolute atomic E-state index is 0.0710. The van der Waals surface area contributed by atoms with Crippen molar-refractivity contribution in [2.24, 2.45) is 0 Å². The summed E-state index contributed by atoms with van der Waals surface area (Å²) in [5.41, 5.74) is 2.46. The first kappa shape index (κ1) is 24.6. The van der Waals surface area contributed by atoms with Crippen molar-refractivity contribution in [2.75, 3.05) is 26.1 Å². The van der Waals surface area contributed by atoms with Crippen molar-refractivity contribution < 1.29 is 19.4 Å². The van der Waals surface area contributed by atoms with Crippen molar-refractivity contribution in [2.45, 2.75) is 12.6 Å². The molecule has 2 aromatic carbocycles. The van der Waals surface area contributed by atoms with Crippen LogP contribution >= 0.6 is 23.2 Å². The molecule has 1 aliphatic rings. The molecule has 7 nitrogen and oxygen atoms in total. The molecule has 0 spiro atoms. The predicted molar refractivity (Wildman–Crippen MR) is 136 cm³/mol. The number of hydrogen-bond acceptors (Lipinski definition) is 6. The van der Waals surface area contributed by atoms with Crippen molar-refractivity contribution in [3.63, 3.8) is 0 Å². The molecule has 0 radical (unpaired) electrons. The standard InChI is InChI=1S/C26H23Cl2N3O4/c1-30(2)18-6-4-16(5-7-18)22-21(23(32)19-12-17(27)13-20(28)25(19)35-3)24(33)26(34)31(22)14-15-8-10-29-11-9-15/h4-13,22,32H,14H2,1-3H3/b23-21+. The monoisotopic (exact) mass is 511 g/mol. The average Bonchev–Trinajstić information content (AvgIpc) is 3.08. The number of rotatable bonds is 6. The van der Waals surface area contributed by atoms with Crippen LogP contribution in [0.2, 0.25) is 10.0 Å². The zero-order valence-electron chi connectivity index (χ0n) is 19.3. The summed E-state index contributed by atoms with van der Waals surface area (Å²) >= 11 is 12.5. The van der Waals surface area contributed by atoms with Gasteiger partial charge < -0.3 is 19.6 Å². The molecule has 2 heterocycles. The van der Waals surface area contributed by atoms with Crippen molar-refractivity contribution in [3.05, 3.63) is 93.2 Å². The maximum Gasteiger partial charge on any atom is 0.295 e. The Morgan fingerprint density at radius 2 is 1.74 bits per heavy atom. The van der Waals surface area contributed by atoms with E-state index in [1.54, 1.807) is 24.5 Å². The molecule has 1 unspecified atom stereocenters. The first-order chi connectivity index (χ1) is 16.7. The zero-order valence-corrected chi connectivity index (χ0v) is 20.8. The Hall–Kier alpha value is -3.55. The molecule has 1 amide bonds. The number of aromatic nitrogens is 1. The van der Waals surface area contributed by atoms with Gasteiger partial charge >= 0.3 is 0 Å². The summed E-state index contributed by atoms with van der Waals surface area (Å²) in [6.07, 6.45) is 3.23. The van der Waals surface area contributed by atoms with Crippen LogP contribution in [0.25, 0.3) is 5.76 Å². The first-order valence-electron chi connectivity index (χ1n) is 10.7. The Labute approximate surface area is 213 Å². The normalized spacial score (nSPS) is 17.1. The number of aliphatic hydroxyl groups is 1. The second kappa shape index (κ2) is 9.98. The SMILES string of the molecule is COc1c(Cl)cc(Cl)cc1/C(O)=C1\C(=O)C(=O)N(Cc2ccncc2)C1c1ccc(N(C)C)cc1. The van der Waals surface area contributed by atoms with Gasteiger partial charge in [-0.15, -0.1) is 0 Å². The fourth-order valence-electron chi connectivity index (χ4n) is 4.12. The van der Waals surface area contributed by atoms with Crippen LogP contribution in [0.4, 0.5) is 5.69 Å². The molecule has 1 aliphatic heterocycles. The van der Waals surface area contributed by atoms with Crippen LogP contribution < -0.4 is 9.64 Å². The lowest BCUT2D eigenvalue weighted by Gasteiger charge is -2.26. The van der Waals surface area contributed by atoms with Crippen LogP contribution in [-0.2, 0) is 16.1 Å². The number of ether oxygens (including phenoxy) is 1. The maximum atomic E-state index is 13.3. The number of hydrogen-bond donors (Lipinski definition) is 1. The summed E-state index contributed by atoms with van der Waals surface area (Å²) in [6, 6.07) is 13.1. The predicted octanol–water partition coefficient (Wildman–Crippen LogP) is 5.08. The number of methoxy groups -OCH3 is 1. The zero-order chi connectivity index (χ0) is 25.3. The molecule has 1 atom stereocenters. The smallest absolute Gasteiger partial charge is 0.295 e. The van der Waals surface area contributed by atoms with E-state index in [1.807, 2.05) is 43.3 Å². The van der Waals surface area contributed by atoms with Crippen molar-refractivity contribution in [1.82, 2.24) is 9.88 Å². The van der Waals surface area contributed by atoms with E-state index in [1.165, 1.54) is 24.1 Å². The van der Waals surface area contributed by atoms with Gasteiger partial charge in [0.1, 0.15) is 11.5 Å². The van der Waals surface area contributed by atoms with Gasteiger partial charge in [-0.25, -0.2) is 0 Å². The number of Topliss-reactive ketones (excluding diaryl/α,β-unsaturated/α-hetero) is 1. The summed E-state index contributed by atoms with van der Waals surface area (Å²) in [6.45, 7) is 0.150. The molecular weight excluding hydrogens is 489 g/mol. The molecule has 1 N–H and O–H groups in total. The summed E-state index contributed by atoms with van der Waals surface area (Å²) in [4.78, 5) is 33.9. The van der Waals surface area contributed by atoms with E-state index in [2.05, 4.69) is 4.98 Å². The molecule has 1 fully saturated rings. The van der Waals surface area contributed by atoms with Crippen LogP contribution in [0, 0.1) is 0 Å². The van der Waals surface area contributed by atoms with Gasteiger partial charge in [-0.3, -0.25) is 14.6 Å². The van der Waals surface area contributed by atoms with Gasteiger partial charge in [0.15, 0.2) is 0 Å². The lowest BCUT2D eigenvalue weighted by molar-refractivity contribution is -0.140. The van der Waals surface area contributed by atoms with Crippen molar-refractivity contribution >= 4 is 46.3 Å². The molecule has 1 aromatic heterocycles. The van der Waals surface area contributed by atoms with Gasteiger partial charge in [0, 0.05) is 43.7 Å². The average molecular weight is 512 g/mol. The lowest BCUT2D eigenvalue weighted by Crippen LogP contribution is -2.29. The number of carbonyl (C=O) groups excluding carboxylic acids is 2. The highest BCUT2D eigenvalue weighted by molar-refractivity contribution is 6.46. The number of carbonyl (C=O) groups is 2. The van der Waals surface area contributed by atoms with Gasteiger partial charge in [0.25, 0.3) is 11.7 Å². The first-order valence-corrected chi connectivity index (χ1v) is 11.5. The number of likely N-dealkylation sites (tertiary alicyclic amines) is 1. The maximum absolute atomic E-state index is 13.3. The van der Waals surface area contributed by atoms with E-state index in [4.69, 9.17) is 27.9 Å². The molecule has 35 heavy (non-hydrogen) atoms. The van der Waals surface area contributed by atoms with Crippen LogP contribution in [0.15, 0.2) is 66.5 Å². The molecule has 0 saturated carbocycles. The quantitative estimate of drug-likeness (QED) is 0.282. The Balaban J connectivity index is 1.92. The molecule has 4 rings (SSSR count). The van der Waals surface area contributed by atoms with Crippen LogP contribution in [0.5, 0.6) is 5.75 Å². The topological polar surface area (TPSA) is 83.0 Å². The van der Waals surface area contributed by atoms with Gasteiger partial charge in [0.05, 0.1) is 29.3 Å². The van der Waals surface area contributed by atoms with Gasteiger partial charge in [-0.05, 0) is 47.5 Å². The van der Waals surface area contributed by atoms with E-state index in [0.29, 0.717) is 5.56 Å². The van der Waals surface area contributed by atoms with Gasteiger partial charge in [-0.2, -0.15) is 0 Å². The summed E-state index contributed by atoms with van der Waals surface area (Å²) in [7, 11) is 5.23. The third-order valence-electron chi connectivity index (χ3n) is 5.84. The lowest BCUT2D eigenvalue weighted by atomic mass is 9.94. The minimum atomic E-state index is -0.846. The number of benzene rings is 2. The van der Waals surface area contributed by atoms with Gasteiger partial charge in [0.2, 0.25) is 0 Å². The third kappa shape index (κ3) is 4.70. The summed E-state index contributed by atoms with van der Waals surface area (Å²) in [5, 5.41) is 11.8. The fraction of sp³-hybridized carbons (Fsp3) is 0.192. The molecule has 0 aliphatic carbocycles. The molecule has 9 heteroatoms. The fourth-order valence-corrected chi connectivity index (χ4v) is 4.69. The number of ketones is 1. The van der Waals surface area contributed by atoms with E-state index < -0.39 is 23.5 Å². The van der Waals surface area contributed by atoms with Crippen LogP contribution in [0.1, 0.15) is 22.7 Å². The summed E-state index contributed by atoms with van der Waals surface area (Å²) in [5.74, 6) is -1.80. The number of aliphatic hydroxyl groups excluding tert-OH is 1. The van der Waals surface area contributed by atoms with E-state index in [0.717, 1.165) is 11.3 Å². The Morgan fingerprint density at radius 1 is 1.09 bits per heavy atom. The summed E-state index contributed by atoms with van der Waals surface area (Å²) < 4.78 is 5.37. The highest BCUT2D eigenvalue weighted by Gasteiger charge is 2.46. The van der Waals surface area contributed by atoms with Crippen molar-refractivity contribution in [1.29, 1.82) is 0 Å². The van der Waals surface area contributed by atoms with Gasteiger partial charge in [-0.1, -0.05) is 35.3 Å². The highest BCUT2D eigenvalue weighted by Crippen LogP contribution is 2.44. The second-order valence-electron chi connectivity index (χ2n) is 8.24. The Bertz CT molecular complexity index is 1310. The van der Waals surface area contributed by atoms with Crippen LogP contribution in [0.3, 0.4) is 0 Å². The number of halogens is 2. The van der Waals surface area contributed by atoms with Crippen molar-refractivity contribution in [3.8, 4) is 5.75 Å². The molecule has 0 bridgehead atoms. The largest absolute Gasteiger partial charge is 0.507 e. The molecular formula is C26H23Cl2N3O4. The van der Waals surface area contributed by atoms with E-state index in [9.17, 15) is 14.7 Å². The minimum Gasteiger partial charge on any atom is -0.507 e. The van der Waals surface area contributed by atoms with Crippen LogP contribution in [-0.4, -0.2) is 47.9 Å². The third-order valence-corrected chi connectivity index (χ3v) is 6.33. The molecule has 3 aromatic rings. The molecule has 180 valence electrons. The number of anilines is 1.